The highest BCUT2D eigenvalue weighted by atomic mass is 32.2. The molecule has 0 spiro atoms. The summed E-state index contributed by atoms with van der Waals surface area (Å²) in [4.78, 5) is 35.5. The maximum atomic E-state index is 12.9. The smallest absolute Gasteiger partial charge is 0.374 e. The number of oxime groups is 1. The molecule has 0 fully saturated rings. The normalized spacial score (nSPS) is 18.1. The summed E-state index contributed by atoms with van der Waals surface area (Å²) in [6.07, 6.45) is -0.0451. The van der Waals surface area contributed by atoms with E-state index in [0.29, 0.717) is 6.42 Å². The summed E-state index contributed by atoms with van der Waals surface area (Å²) in [6.45, 7) is 6.85. The Morgan fingerprint density at radius 1 is 1.31 bits per heavy atom. The number of aromatic nitrogens is 1. The van der Waals surface area contributed by atoms with Crippen LogP contribution in [0.5, 0.6) is 5.88 Å². The number of thiol groups is 1. The van der Waals surface area contributed by atoms with Gasteiger partial charge in [-0.15, -0.1) is 24.0 Å². The summed E-state index contributed by atoms with van der Waals surface area (Å²) in [7, 11) is 0. The van der Waals surface area contributed by atoms with Crippen LogP contribution in [0.2, 0.25) is 0 Å². The predicted molar refractivity (Wildman–Crippen MR) is 128 cm³/mol. The molecule has 0 amide bonds. The molecule has 0 aliphatic carbocycles. The van der Waals surface area contributed by atoms with E-state index in [1.54, 1.807) is 27.7 Å². The zero-order valence-corrected chi connectivity index (χ0v) is 20.5. The monoisotopic (exact) mass is 496 g/mol. The number of anilines is 2. The van der Waals surface area contributed by atoms with Crippen LogP contribution in [0, 0.1) is 0 Å². The molecule has 0 saturated carbocycles. The van der Waals surface area contributed by atoms with E-state index in [9.17, 15) is 9.59 Å². The standard InChI is InChI=1S/C20H24N4O5S3/c1-11(2)29-24-15(16(25)27-14-9-31-18(21)22-14)17(26)28-19(3,4)10-20(30)23-12-7-5-6-8-13(12)32-20/h5-9,11,23,30H,10H2,1-4H3,(H2,21,22). The van der Waals surface area contributed by atoms with Crippen molar-refractivity contribution in [1.82, 2.24) is 4.98 Å². The van der Waals surface area contributed by atoms with Gasteiger partial charge in [0.1, 0.15) is 15.9 Å². The number of nitrogens with two attached hydrogens (primary N) is 1. The van der Waals surface area contributed by atoms with Gasteiger partial charge in [-0.25, -0.2) is 9.59 Å². The lowest BCUT2D eigenvalue weighted by atomic mass is 10.0. The lowest BCUT2D eigenvalue weighted by Crippen LogP contribution is -2.42. The van der Waals surface area contributed by atoms with Crippen molar-refractivity contribution >= 4 is 64.2 Å². The second kappa shape index (κ2) is 9.59. The van der Waals surface area contributed by atoms with Crippen molar-refractivity contribution in [1.29, 1.82) is 0 Å². The Hall–Kier alpha value is -2.44. The van der Waals surface area contributed by atoms with Crippen molar-refractivity contribution in [3.05, 3.63) is 29.6 Å². The van der Waals surface area contributed by atoms with Crippen LogP contribution in [-0.4, -0.2) is 38.5 Å². The summed E-state index contributed by atoms with van der Waals surface area (Å²) < 4.78 is 10.0. The first-order valence-corrected chi connectivity index (χ1v) is 11.8. The van der Waals surface area contributed by atoms with Crippen LogP contribution in [0.4, 0.5) is 10.8 Å². The lowest BCUT2D eigenvalue weighted by molar-refractivity contribution is -0.149. The van der Waals surface area contributed by atoms with Crippen LogP contribution in [-0.2, 0) is 19.2 Å². The van der Waals surface area contributed by atoms with Crippen LogP contribution >= 0.6 is 35.7 Å². The Morgan fingerprint density at radius 2 is 2.03 bits per heavy atom. The van der Waals surface area contributed by atoms with E-state index in [1.165, 1.54) is 17.1 Å². The molecule has 172 valence electrons. The van der Waals surface area contributed by atoms with Gasteiger partial charge < -0.3 is 25.4 Å². The number of ether oxygens (including phenoxy) is 2. The number of carbonyl (C=O) groups excluding carboxylic acids is 2. The van der Waals surface area contributed by atoms with Gasteiger partial charge in [-0.2, -0.15) is 4.98 Å². The third-order valence-corrected chi connectivity index (χ3v) is 6.33. The minimum Gasteiger partial charge on any atom is -0.454 e. The Morgan fingerprint density at radius 3 is 2.66 bits per heavy atom. The van der Waals surface area contributed by atoms with Crippen molar-refractivity contribution < 1.29 is 23.9 Å². The van der Waals surface area contributed by atoms with E-state index in [2.05, 4.69) is 15.5 Å². The number of benzene rings is 1. The summed E-state index contributed by atoms with van der Waals surface area (Å²) >= 11 is 7.38. The van der Waals surface area contributed by atoms with E-state index in [1.807, 2.05) is 24.3 Å². The van der Waals surface area contributed by atoms with E-state index >= 15 is 0 Å². The largest absolute Gasteiger partial charge is 0.454 e. The zero-order valence-electron chi connectivity index (χ0n) is 17.9. The molecule has 2 heterocycles. The Balaban J connectivity index is 1.71. The molecule has 2 aromatic rings. The number of rotatable bonds is 8. The molecule has 3 N–H and O–H groups in total. The van der Waals surface area contributed by atoms with Crippen LogP contribution in [0.15, 0.2) is 39.7 Å². The minimum absolute atomic E-state index is 0.0413. The predicted octanol–water partition coefficient (Wildman–Crippen LogP) is 3.93. The summed E-state index contributed by atoms with van der Waals surface area (Å²) in [5, 5.41) is 8.66. The molecule has 1 aromatic carbocycles. The average Bonchev–Trinajstić information content (AvgIpc) is 3.21. The van der Waals surface area contributed by atoms with Gasteiger partial charge in [0.2, 0.25) is 5.88 Å². The number of carbonyl (C=O) groups is 2. The molecule has 0 saturated heterocycles. The number of nitrogens with zero attached hydrogens (tertiary/aromatic N) is 2. The molecular formula is C20H24N4O5S3. The van der Waals surface area contributed by atoms with E-state index in [-0.39, 0.29) is 17.1 Å². The van der Waals surface area contributed by atoms with Gasteiger partial charge in [0, 0.05) is 17.0 Å². The first-order chi connectivity index (χ1) is 15.0. The maximum absolute atomic E-state index is 12.9. The van der Waals surface area contributed by atoms with Gasteiger partial charge in [0.05, 0.1) is 5.38 Å². The Kier molecular flexibility index (Phi) is 7.25. The van der Waals surface area contributed by atoms with Gasteiger partial charge in [-0.05, 0) is 39.8 Å². The number of hydrogen-bond acceptors (Lipinski definition) is 12. The Labute approximate surface area is 199 Å². The molecule has 1 aromatic heterocycles. The summed E-state index contributed by atoms with van der Waals surface area (Å²) in [5.74, 6) is -2.08. The number of para-hydroxylation sites is 1. The van der Waals surface area contributed by atoms with E-state index in [4.69, 9.17) is 32.7 Å². The number of nitrogens with one attached hydrogen (secondary N) is 1. The highest BCUT2D eigenvalue weighted by Crippen LogP contribution is 2.51. The topological polar surface area (TPSA) is 125 Å². The van der Waals surface area contributed by atoms with Crippen molar-refractivity contribution in [3.8, 4) is 5.88 Å². The van der Waals surface area contributed by atoms with Crippen LogP contribution in [0.3, 0.4) is 0 Å². The number of thiazole rings is 1. The van der Waals surface area contributed by atoms with E-state index in [0.717, 1.165) is 21.9 Å². The maximum Gasteiger partial charge on any atom is 0.374 e. The second-order valence-corrected chi connectivity index (χ2v) is 11.1. The van der Waals surface area contributed by atoms with Crippen LogP contribution < -0.4 is 15.8 Å². The third kappa shape index (κ3) is 6.30. The molecule has 0 radical (unpaired) electrons. The van der Waals surface area contributed by atoms with Gasteiger partial charge in [-0.3, -0.25) is 0 Å². The number of esters is 2. The fourth-order valence-corrected chi connectivity index (χ4v) is 5.43. The Bertz CT molecular complexity index is 1010. The average molecular weight is 497 g/mol. The molecule has 9 nitrogen and oxygen atoms in total. The number of thioether (sulfide) groups is 1. The van der Waals surface area contributed by atoms with Crippen molar-refractivity contribution in [3.63, 3.8) is 0 Å². The van der Waals surface area contributed by atoms with E-state index < -0.39 is 27.5 Å². The highest BCUT2D eigenvalue weighted by molar-refractivity contribution is 8.12. The van der Waals surface area contributed by atoms with Crippen molar-refractivity contribution in [2.75, 3.05) is 11.1 Å². The fraction of sp³-hybridized carbons (Fsp3) is 0.400. The number of hydrogen-bond donors (Lipinski definition) is 3. The summed E-state index contributed by atoms with van der Waals surface area (Å²) in [6, 6.07) is 7.81. The first-order valence-electron chi connectivity index (χ1n) is 9.65. The molecule has 1 aliphatic heterocycles. The third-order valence-electron chi connectivity index (χ3n) is 3.97. The molecule has 1 atom stereocenters. The van der Waals surface area contributed by atoms with Gasteiger partial charge in [0.25, 0.3) is 5.71 Å². The van der Waals surface area contributed by atoms with Crippen LogP contribution in [0.25, 0.3) is 0 Å². The van der Waals surface area contributed by atoms with Crippen molar-refractivity contribution in [2.24, 2.45) is 5.16 Å². The molecule has 1 aliphatic rings. The lowest BCUT2D eigenvalue weighted by Gasteiger charge is -2.33. The quantitative estimate of drug-likeness (QED) is 0.164. The first kappa shape index (κ1) is 24.2. The molecular weight excluding hydrogens is 472 g/mol. The molecule has 3 rings (SSSR count). The highest BCUT2D eigenvalue weighted by Gasteiger charge is 2.42. The number of fused-ring (bicyclic) bond motifs is 1. The van der Waals surface area contributed by atoms with Crippen molar-refractivity contribution in [2.45, 2.75) is 54.9 Å². The molecule has 1 unspecified atom stereocenters. The van der Waals surface area contributed by atoms with Gasteiger partial charge in [0.15, 0.2) is 5.13 Å². The van der Waals surface area contributed by atoms with Gasteiger partial charge >= 0.3 is 11.9 Å². The van der Waals surface area contributed by atoms with Crippen LogP contribution in [0.1, 0.15) is 34.1 Å². The number of nitrogen functional groups attached to an aromatic ring is 1. The summed E-state index contributed by atoms with van der Waals surface area (Å²) in [5.41, 5.74) is 4.85. The molecule has 12 heteroatoms. The molecule has 0 bridgehead atoms. The zero-order chi connectivity index (χ0) is 23.5. The van der Waals surface area contributed by atoms with Gasteiger partial charge in [-0.1, -0.05) is 29.1 Å². The minimum atomic E-state index is -1.06. The SMILES string of the molecule is CC(C)ON=C(C(=O)Oc1csc(N)n1)C(=O)OC(C)(C)CC1(S)Nc2ccccc2S1. The fourth-order valence-electron chi connectivity index (χ4n) is 2.85. The second-order valence-electron chi connectivity index (χ2n) is 7.84. The molecule has 32 heavy (non-hydrogen) atoms.